The molecule has 0 saturated heterocycles. The molecule has 21 heavy (non-hydrogen) atoms. The fourth-order valence-corrected chi connectivity index (χ4v) is 2.21. The first-order valence-electron chi connectivity index (χ1n) is 6.85. The first kappa shape index (κ1) is 15.4. The van der Waals surface area contributed by atoms with Crippen LogP contribution >= 0.6 is 0 Å². The lowest BCUT2D eigenvalue weighted by Gasteiger charge is -2.09. The first-order chi connectivity index (χ1) is 9.93. The van der Waals surface area contributed by atoms with Crippen molar-refractivity contribution in [3.05, 3.63) is 35.5 Å². The Kier molecular flexibility index (Phi) is 4.55. The Labute approximate surface area is 120 Å². The number of rotatable bonds is 5. The SMILES string of the molecule is CCCCCc1noc(N)c1-c1cccc(C(F)(F)F)c1. The highest BCUT2D eigenvalue weighted by Crippen LogP contribution is 2.35. The van der Waals surface area contributed by atoms with Gasteiger partial charge in [0.15, 0.2) is 0 Å². The topological polar surface area (TPSA) is 52.0 Å². The van der Waals surface area contributed by atoms with E-state index in [1.54, 1.807) is 6.07 Å². The van der Waals surface area contributed by atoms with E-state index >= 15 is 0 Å². The van der Waals surface area contributed by atoms with Crippen molar-refractivity contribution >= 4 is 5.88 Å². The summed E-state index contributed by atoms with van der Waals surface area (Å²) in [6.45, 7) is 2.07. The van der Waals surface area contributed by atoms with Crippen LogP contribution in [0, 0.1) is 0 Å². The van der Waals surface area contributed by atoms with E-state index < -0.39 is 11.7 Å². The summed E-state index contributed by atoms with van der Waals surface area (Å²) in [5, 5.41) is 3.87. The van der Waals surface area contributed by atoms with Crippen molar-refractivity contribution in [1.29, 1.82) is 0 Å². The van der Waals surface area contributed by atoms with Crippen LogP contribution in [0.3, 0.4) is 0 Å². The summed E-state index contributed by atoms with van der Waals surface area (Å²) < 4.78 is 43.3. The number of nitrogens with two attached hydrogens (primary N) is 1. The third-order valence-electron chi connectivity index (χ3n) is 3.28. The molecule has 3 nitrogen and oxygen atoms in total. The van der Waals surface area contributed by atoms with Crippen molar-refractivity contribution in [3.8, 4) is 11.1 Å². The molecule has 0 unspecified atom stereocenters. The van der Waals surface area contributed by atoms with Crippen molar-refractivity contribution in [2.45, 2.75) is 38.8 Å². The standard InChI is InChI=1S/C15H17F3N2O/c1-2-3-4-8-12-13(14(19)21-20-12)10-6-5-7-11(9-10)15(16,17)18/h5-7,9H,2-4,8,19H2,1H3. The Hall–Kier alpha value is -1.98. The average molecular weight is 298 g/mol. The highest BCUT2D eigenvalue weighted by molar-refractivity contribution is 5.75. The maximum atomic E-state index is 12.8. The quantitative estimate of drug-likeness (QED) is 0.816. The molecule has 0 aliphatic heterocycles. The van der Waals surface area contributed by atoms with Crippen LogP contribution in [0.1, 0.15) is 37.4 Å². The van der Waals surface area contributed by atoms with Gasteiger partial charge in [0.25, 0.3) is 0 Å². The van der Waals surface area contributed by atoms with Crippen LogP contribution in [-0.4, -0.2) is 5.16 Å². The van der Waals surface area contributed by atoms with Gasteiger partial charge in [-0.05, 0) is 30.5 Å². The zero-order chi connectivity index (χ0) is 15.5. The second-order valence-electron chi connectivity index (χ2n) is 4.90. The minimum atomic E-state index is -4.38. The number of anilines is 1. The molecule has 0 spiro atoms. The van der Waals surface area contributed by atoms with Crippen LogP contribution in [0.5, 0.6) is 0 Å². The number of hydrogen-bond acceptors (Lipinski definition) is 3. The Balaban J connectivity index is 2.35. The molecule has 2 aromatic rings. The maximum absolute atomic E-state index is 12.8. The Morgan fingerprint density at radius 3 is 2.67 bits per heavy atom. The smallest absolute Gasteiger partial charge is 0.367 e. The molecule has 1 aromatic heterocycles. The number of benzene rings is 1. The van der Waals surface area contributed by atoms with E-state index in [0.717, 1.165) is 31.4 Å². The molecule has 0 aliphatic carbocycles. The normalized spacial score (nSPS) is 11.8. The van der Waals surface area contributed by atoms with Gasteiger partial charge in [-0.3, -0.25) is 0 Å². The number of nitrogen functional groups attached to an aromatic ring is 1. The van der Waals surface area contributed by atoms with Crippen molar-refractivity contribution in [2.24, 2.45) is 0 Å². The fraction of sp³-hybridized carbons (Fsp3) is 0.400. The van der Waals surface area contributed by atoms with Crippen LogP contribution in [0.4, 0.5) is 19.1 Å². The van der Waals surface area contributed by atoms with Crippen molar-refractivity contribution < 1.29 is 17.7 Å². The molecule has 1 heterocycles. The minimum Gasteiger partial charge on any atom is -0.367 e. The Morgan fingerprint density at radius 1 is 1.24 bits per heavy atom. The van der Waals surface area contributed by atoms with Gasteiger partial charge in [-0.25, -0.2) is 0 Å². The zero-order valence-electron chi connectivity index (χ0n) is 11.7. The number of unbranched alkanes of at least 4 members (excludes halogenated alkanes) is 2. The molecular formula is C15H17F3N2O. The second-order valence-corrected chi connectivity index (χ2v) is 4.90. The molecule has 2 N–H and O–H groups in total. The summed E-state index contributed by atoms with van der Waals surface area (Å²) in [6, 6.07) is 5.05. The lowest BCUT2D eigenvalue weighted by molar-refractivity contribution is -0.137. The maximum Gasteiger partial charge on any atom is 0.416 e. The van der Waals surface area contributed by atoms with Crippen molar-refractivity contribution in [3.63, 3.8) is 0 Å². The predicted octanol–water partition coefficient (Wildman–Crippen LogP) is 4.68. The van der Waals surface area contributed by atoms with Gasteiger partial charge in [-0.2, -0.15) is 13.2 Å². The van der Waals surface area contributed by atoms with Gasteiger partial charge in [-0.15, -0.1) is 0 Å². The van der Waals surface area contributed by atoms with E-state index in [2.05, 4.69) is 12.1 Å². The van der Waals surface area contributed by atoms with Crippen LogP contribution < -0.4 is 5.73 Å². The van der Waals surface area contributed by atoms with Gasteiger partial charge in [0.05, 0.1) is 16.8 Å². The second kappa shape index (κ2) is 6.20. The van der Waals surface area contributed by atoms with Crippen LogP contribution in [-0.2, 0) is 12.6 Å². The number of aromatic nitrogens is 1. The monoisotopic (exact) mass is 298 g/mol. The van der Waals surface area contributed by atoms with E-state index in [0.29, 0.717) is 23.2 Å². The molecule has 1 aromatic carbocycles. The highest BCUT2D eigenvalue weighted by atomic mass is 19.4. The minimum absolute atomic E-state index is 0.0563. The van der Waals surface area contributed by atoms with Crippen LogP contribution in [0.2, 0.25) is 0 Å². The number of hydrogen-bond donors (Lipinski definition) is 1. The van der Waals surface area contributed by atoms with Gasteiger partial charge in [0.2, 0.25) is 5.88 Å². The zero-order valence-corrected chi connectivity index (χ0v) is 11.7. The molecule has 2 rings (SSSR count). The molecular weight excluding hydrogens is 281 g/mol. The predicted molar refractivity (Wildman–Crippen MR) is 74.6 cm³/mol. The highest BCUT2D eigenvalue weighted by Gasteiger charge is 2.31. The molecule has 0 amide bonds. The van der Waals surface area contributed by atoms with Crippen molar-refractivity contribution in [2.75, 3.05) is 5.73 Å². The Bertz CT molecular complexity index is 605. The van der Waals surface area contributed by atoms with Crippen molar-refractivity contribution in [1.82, 2.24) is 5.16 Å². The summed E-state index contributed by atoms with van der Waals surface area (Å²) in [4.78, 5) is 0. The number of nitrogens with zero attached hydrogens (tertiary/aromatic N) is 1. The summed E-state index contributed by atoms with van der Waals surface area (Å²) in [5.41, 5.74) is 6.48. The number of halogens is 3. The van der Waals surface area contributed by atoms with E-state index in [1.165, 1.54) is 6.07 Å². The summed E-state index contributed by atoms with van der Waals surface area (Å²) in [5.74, 6) is 0.0563. The van der Waals surface area contributed by atoms with E-state index in [1.807, 2.05) is 0 Å². The van der Waals surface area contributed by atoms with E-state index in [9.17, 15) is 13.2 Å². The van der Waals surface area contributed by atoms with Gasteiger partial charge in [-0.1, -0.05) is 37.1 Å². The molecule has 0 bridgehead atoms. The summed E-state index contributed by atoms with van der Waals surface area (Å²) >= 11 is 0. The number of alkyl halides is 3. The van der Waals surface area contributed by atoms with Crippen LogP contribution in [0.25, 0.3) is 11.1 Å². The lowest BCUT2D eigenvalue weighted by atomic mass is 10.00. The summed E-state index contributed by atoms with van der Waals surface area (Å²) in [6.07, 6.45) is -0.778. The van der Waals surface area contributed by atoms with E-state index in [-0.39, 0.29) is 5.88 Å². The third kappa shape index (κ3) is 3.56. The van der Waals surface area contributed by atoms with Gasteiger partial charge < -0.3 is 10.3 Å². The largest absolute Gasteiger partial charge is 0.416 e. The first-order valence-corrected chi connectivity index (χ1v) is 6.85. The molecule has 0 aliphatic rings. The van der Waals surface area contributed by atoms with Gasteiger partial charge in [0.1, 0.15) is 0 Å². The van der Waals surface area contributed by atoms with Gasteiger partial charge >= 0.3 is 6.18 Å². The molecule has 0 saturated carbocycles. The van der Waals surface area contributed by atoms with E-state index in [4.69, 9.17) is 10.3 Å². The number of aryl methyl sites for hydroxylation is 1. The average Bonchev–Trinajstić information content (AvgIpc) is 2.79. The lowest BCUT2D eigenvalue weighted by Crippen LogP contribution is -2.04. The molecule has 6 heteroatoms. The third-order valence-corrected chi connectivity index (χ3v) is 3.28. The fourth-order valence-electron chi connectivity index (χ4n) is 2.21. The molecule has 114 valence electrons. The molecule has 0 radical (unpaired) electrons. The molecule has 0 atom stereocenters. The summed E-state index contributed by atoms with van der Waals surface area (Å²) in [7, 11) is 0. The Morgan fingerprint density at radius 2 is 2.00 bits per heavy atom. The van der Waals surface area contributed by atoms with Crippen LogP contribution in [0.15, 0.2) is 28.8 Å². The molecule has 0 fully saturated rings. The van der Waals surface area contributed by atoms with Gasteiger partial charge in [0, 0.05) is 0 Å².